The summed E-state index contributed by atoms with van der Waals surface area (Å²) in [6.45, 7) is 1.11. The molecule has 142 valence electrons. The second-order valence-electron chi connectivity index (χ2n) is 6.08. The maximum atomic E-state index is 12.6. The Kier molecular flexibility index (Phi) is 5.17. The lowest BCUT2D eigenvalue weighted by Gasteiger charge is -2.15. The van der Waals surface area contributed by atoms with E-state index in [1.54, 1.807) is 0 Å². The molecule has 1 aliphatic rings. The molecular formula is C16H21N3O6S. The van der Waals surface area contributed by atoms with Crippen LogP contribution in [0.15, 0.2) is 32.3 Å². The van der Waals surface area contributed by atoms with E-state index in [1.807, 2.05) is 0 Å². The minimum absolute atomic E-state index is 0.0483. The highest BCUT2D eigenvalue weighted by molar-refractivity contribution is 7.89. The smallest absolute Gasteiger partial charge is 0.408 e. The van der Waals surface area contributed by atoms with Crippen molar-refractivity contribution < 1.29 is 22.5 Å². The van der Waals surface area contributed by atoms with Crippen molar-refractivity contribution in [3.05, 3.63) is 28.7 Å². The Morgan fingerprint density at radius 2 is 2.00 bits per heavy atom. The first-order valence-corrected chi connectivity index (χ1v) is 9.73. The van der Waals surface area contributed by atoms with E-state index in [2.05, 4.69) is 0 Å². The number of carbonyl (C=O) groups excluding carboxylic acids is 1. The Balaban J connectivity index is 1.88. The van der Waals surface area contributed by atoms with Crippen molar-refractivity contribution in [3.63, 3.8) is 0 Å². The average molecular weight is 383 g/mol. The van der Waals surface area contributed by atoms with Crippen molar-refractivity contribution in [2.45, 2.75) is 30.7 Å². The van der Waals surface area contributed by atoms with E-state index in [0.29, 0.717) is 18.6 Å². The predicted molar refractivity (Wildman–Crippen MR) is 92.9 cm³/mol. The number of rotatable bonds is 6. The first-order chi connectivity index (χ1) is 12.3. The van der Waals surface area contributed by atoms with Crippen molar-refractivity contribution in [2.75, 3.05) is 27.2 Å². The van der Waals surface area contributed by atoms with Crippen molar-refractivity contribution in [2.24, 2.45) is 0 Å². The van der Waals surface area contributed by atoms with E-state index in [1.165, 1.54) is 41.2 Å². The molecule has 0 spiro atoms. The molecule has 1 aromatic heterocycles. The summed E-state index contributed by atoms with van der Waals surface area (Å²) in [6, 6.07) is 4.36. The fraction of sp³-hybridized carbons (Fsp3) is 0.500. The fourth-order valence-electron chi connectivity index (χ4n) is 2.96. The summed E-state index contributed by atoms with van der Waals surface area (Å²) in [7, 11) is -0.734. The van der Waals surface area contributed by atoms with Crippen LogP contribution in [0.1, 0.15) is 19.3 Å². The molecule has 2 heterocycles. The van der Waals surface area contributed by atoms with Gasteiger partial charge in [-0.15, -0.1) is 0 Å². The number of sulfonamides is 1. The van der Waals surface area contributed by atoms with Crippen molar-refractivity contribution in [1.29, 1.82) is 0 Å². The Hall–Kier alpha value is -2.17. The highest BCUT2D eigenvalue weighted by Gasteiger charge is 2.28. The van der Waals surface area contributed by atoms with Crippen LogP contribution < -0.4 is 5.76 Å². The number of aromatic nitrogens is 1. The standard InChI is InChI=1S/C16H21N3O6S/c1-17(24-2)15(20)7-10-19-13-6-5-12(11-14(13)25-16(19)21)26(22,23)18-8-3-4-9-18/h5-6,11H,3-4,7-10H2,1-2H3. The van der Waals surface area contributed by atoms with Crippen molar-refractivity contribution in [3.8, 4) is 0 Å². The summed E-state index contributed by atoms with van der Waals surface area (Å²) >= 11 is 0. The minimum atomic E-state index is -3.59. The fourth-order valence-corrected chi connectivity index (χ4v) is 4.50. The zero-order chi connectivity index (χ0) is 18.9. The molecule has 1 saturated heterocycles. The van der Waals surface area contributed by atoms with Crippen LogP contribution in [0.5, 0.6) is 0 Å². The van der Waals surface area contributed by atoms with Crippen molar-refractivity contribution >= 4 is 27.0 Å². The van der Waals surface area contributed by atoms with Crippen LogP contribution in [0.3, 0.4) is 0 Å². The van der Waals surface area contributed by atoms with Crippen LogP contribution in [0.4, 0.5) is 0 Å². The Bertz CT molecular complexity index is 972. The Morgan fingerprint density at radius 1 is 1.31 bits per heavy atom. The normalized spacial score (nSPS) is 15.6. The van der Waals surface area contributed by atoms with Gasteiger partial charge in [-0.2, -0.15) is 4.31 Å². The van der Waals surface area contributed by atoms with Gasteiger partial charge in [0.25, 0.3) is 0 Å². The number of amides is 1. The zero-order valence-corrected chi connectivity index (χ0v) is 15.5. The van der Waals surface area contributed by atoms with Crippen LogP contribution in [0.25, 0.3) is 11.1 Å². The van der Waals surface area contributed by atoms with Gasteiger partial charge in [-0.1, -0.05) is 0 Å². The number of aryl methyl sites for hydroxylation is 1. The van der Waals surface area contributed by atoms with Crippen molar-refractivity contribution in [1.82, 2.24) is 13.9 Å². The van der Waals surface area contributed by atoms with Crippen LogP contribution >= 0.6 is 0 Å². The summed E-state index contributed by atoms with van der Waals surface area (Å²) in [5.74, 6) is -0.925. The lowest BCUT2D eigenvalue weighted by molar-refractivity contribution is -0.168. The molecule has 1 aromatic carbocycles. The predicted octanol–water partition coefficient (Wildman–Crippen LogP) is 0.789. The number of fused-ring (bicyclic) bond motifs is 1. The molecule has 0 aliphatic carbocycles. The maximum absolute atomic E-state index is 12.6. The van der Waals surface area contributed by atoms with Gasteiger partial charge in [0.05, 0.1) is 17.5 Å². The second-order valence-corrected chi connectivity index (χ2v) is 8.02. The lowest BCUT2D eigenvalue weighted by atomic mass is 10.3. The third kappa shape index (κ3) is 3.39. The maximum Gasteiger partial charge on any atom is 0.419 e. The molecule has 3 rings (SSSR count). The summed E-state index contributed by atoms with van der Waals surface area (Å²) in [5.41, 5.74) is 0.631. The minimum Gasteiger partial charge on any atom is -0.408 e. The zero-order valence-electron chi connectivity index (χ0n) is 14.7. The highest BCUT2D eigenvalue weighted by Crippen LogP contribution is 2.24. The van der Waals surface area contributed by atoms with E-state index in [9.17, 15) is 18.0 Å². The summed E-state index contributed by atoms with van der Waals surface area (Å²) in [5, 5.41) is 1.08. The molecule has 2 aromatic rings. The van der Waals surface area contributed by atoms with E-state index < -0.39 is 15.8 Å². The van der Waals surface area contributed by atoms with E-state index >= 15 is 0 Å². The molecular weight excluding hydrogens is 362 g/mol. The largest absolute Gasteiger partial charge is 0.419 e. The molecule has 0 saturated carbocycles. The molecule has 1 fully saturated rings. The van der Waals surface area contributed by atoms with Crippen LogP contribution in [-0.4, -0.2) is 55.5 Å². The molecule has 1 amide bonds. The average Bonchev–Trinajstić information content (AvgIpc) is 3.26. The second kappa shape index (κ2) is 7.22. The van der Waals surface area contributed by atoms with Gasteiger partial charge in [0.15, 0.2) is 5.58 Å². The molecule has 0 N–H and O–H groups in total. The molecule has 0 bridgehead atoms. The number of carbonyl (C=O) groups is 1. The molecule has 26 heavy (non-hydrogen) atoms. The molecule has 1 aliphatic heterocycles. The quantitative estimate of drug-likeness (QED) is 0.684. The third-order valence-electron chi connectivity index (χ3n) is 4.52. The molecule has 0 radical (unpaired) electrons. The Labute approximate surface area is 150 Å². The molecule has 9 nitrogen and oxygen atoms in total. The summed E-state index contributed by atoms with van der Waals surface area (Å²) < 4.78 is 33.2. The number of oxazole rings is 1. The Morgan fingerprint density at radius 3 is 2.65 bits per heavy atom. The first kappa shape index (κ1) is 18.6. The van der Waals surface area contributed by atoms with Crippen LogP contribution in [0, 0.1) is 0 Å². The third-order valence-corrected chi connectivity index (χ3v) is 6.41. The molecule has 10 heteroatoms. The van der Waals surface area contributed by atoms with E-state index in [4.69, 9.17) is 9.25 Å². The van der Waals surface area contributed by atoms with Gasteiger partial charge in [0.1, 0.15) is 0 Å². The number of hydrogen-bond acceptors (Lipinski definition) is 6. The van der Waals surface area contributed by atoms with E-state index in [0.717, 1.165) is 17.9 Å². The molecule has 0 atom stereocenters. The SMILES string of the molecule is CON(C)C(=O)CCn1c(=O)oc2cc(S(=O)(=O)N3CCCC3)ccc21. The van der Waals surface area contributed by atoms with E-state index in [-0.39, 0.29) is 29.4 Å². The van der Waals surface area contributed by atoms with Gasteiger partial charge >= 0.3 is 5.76 Å². The number of hydrogen-bond donors (Lipinski definition) is 0. The lowest BCUT2D eigenvalue weighted by Crippen LogP contribution is -2.28. The first-order valence-electron chi connectivity index (χ1n) is 8.29. The monoisotopic (exact) mass is 383 g/mol. The van der Waals surface area contributed by atoms with Gasteiger partial charge < -0.3 is 4.42 Å². The number of benzene rings is 1. The topological polar surface area (TPSA) is 102 Å². The summed E-state index contributed by atoms with van der Waals surface area (Å²) in [6.07, 6.45) is 1.74. The highest BCUT2D eigenvalue weighted by atomic mass is 32.2. The number of hydroxylamine groups is 2. The van der Waals surface area contributed by atoms with Gasteiger partial charge in [0.2, 0.25) is 15.9 Å². The van der Waals surface area contributed by atoms with Crippen LogP contribution in [-0.2, 0) is 26.2 Å². The molecule has 0 unspecified atom stereocenters. The van der Waals surface area contributed by atoms with Crippen LogP contribution in [0.2, 0.25) is 0 Å². The van der Waals surface area contributed by atoms with Gasteiger partial charge in [-0.05, 0) is 25.0 Å². The summed E-state index contributed by atoms with van der Waals surface area (Å²) in [4.78, 5) is 28.8. The van der Waals surface area contributed by atoms with Gasteiger partial charge in [-0.25, -0.2) is 18.3 Å². The van der Waals surface area contributed by atoms with Gasteiger partial charge in [-0.3, -0.25) is 14.2 Å². The number of nitrogens with zero attached hydrogens (tertiary/aromatic N) is 3. The van der Waals surface area contributed by atoms with Gasteiger partial charge in [0, 0.05) is 39.2 Å².